The molecular formula is C25H32N6O. The second-order valence-electron chi connectivity index (χ2n) is 9.01. The lowest BCUT2D eigenvalue weighted by atomic mass is 10.1. The molecule has 0 saturated carbocycles. The predicted molar refractivity (Wildman–Crippen MR) is 129 cm³/mol. The van der Waals surface area contributed by atoms with Gasteiger partial charge in [0.2, 0.25) is 5.91 Å². The lowest BCUT2D eigenvalue weighted by molar-refractivity contribution is -0.120. The van der Waals surface area contributed by atoms with Gasteiger partial charge in [0.15, 0.2) is 0 Å². The number of amides is 1. The van der Waals surface area contributed by atoms with Crippen molar-refractivity contribution < 1.29 is 4.79 Å². The maximum Gasteiger partial charge on any atom is 0.217 e. The van der Waals surface area contributed by atoms with Gasteiger partial charge >= 0.3 is 0 Å². The molecule has 1 aromatic carbocycles. The Morgan fingerprint density at radius 3 is 2.50 bits per heavy atom. The van der Waals surface area contributed by atoms with Gasteiger partial charge < -0.3 is 19.7 Å². The first-order valence-corrected chi connectivity index (χ1v) is 11.6. The number of pyridine rings is 1. The first kappa shape index (κ1) is 20.8. The molecule has 2 aliphatic rings. The quantitative estimate of drug-likeness (QED) is 0.649. The number of likely N-dealkylation sites (tertiary alicyclic amines) is 1. The highest BCUT2D eigenvalue weighted by Crippen LogP contribution is 2.24. The maximum atomic E-state index is 11.2. The van der Waals surface area contributed by atoms with Gasteiger partial charge in [-0.25, -0.2) is 4.98 Å². The molecule has 2 fully saturated rings. The number of hydrogen-bond acceptors (Lipinski definition) is 5. The Morgan fingerprint density at radius 2 is 1.75 bits per heavy atom. The van der Waals surface area contributed by atoms with Gasteiger partial charge in [0.1, 0.15) is 11.5 Å². The summed E-state index contributed by atoms with van der Waals surface area (Å²) in [5.41, 5.74) is 3.74. The van der Waals surface area contributed by atoms with Crippen LogP contribution in [0.2, 0.25) is 0 Å². The van der Waals surface area contributed by atoms with E-state index in [1.807, 2.05) is 0 Å². The summed E-state index contributed by atoms with van der Waals surface area (Å²) in [4.78, 5) is 23.5. The standard InChI is InChI=1S/C25H32N6O/c1-19-5-3-4-6-23(19)29-13-15-30(16-14-29)24-8-7-21-9-10-31(25(21)27-24)12-11-28-17-22(18-28)26-20(2)32/h3-10,22H,11-18H2,1-2H3,(H,26,32). The summed E-state index contributed by atoms with van der Waals surface area (Å²) in [6, 6.07) is 15.4. The van der Waals surface area contributed by atoms with Gasteiger partial charge in [-0.3, -0.25) is 9.69 Å². The van der Waals surface area contributed by atoms with Crippen LogP contribution < -0.4 is 15.1 Å². The third-order valence-electron chi connectivity index (χ3n) is 6.68. The van der Waals surface area contributed by atoms with E-state index < -0.39 is 0 Å². The minimum absolute atomic E-state index is 0.0579. The van der Waals surface area contributed by atoms with Crippen LogP contribution in [-0.2, 0) is 11.3 Å². The van der Waals surface area contributed by atoms with E-state index in [2.05, 4.69) is 80.2 Å². The average molecular weight is 433 g/mol. The smallest absolute Gasteiger partial charge is 0.217 e. The Bertz CT molecular complexity index is 1090. The largest absolute Gasteiger partial charge is 0.368 e. The molecule has 0 radical (unpaired) electrons. The van der Waals surface area contributed by atoms with Gasteiger partial charge in [-0.2, -0.15) is 0 Å². The minimum atomic E-state index is 0.0579. The van der Waals surface area contributed by atoms with Crippen molar-refractivity contribution in [1.29, 1.82) is 0 Å². The van der Waals surface area contributed by atoms with Crippen molar-refractivity contribution in [3.8, 4) is 0 Å². The molecule has 0 spiro atoms. The molecule has 2 aliphatic heterocycles. The number of carbonyl (C=O) groups excluding carboxylic acids is 1. The number of rotatable bonds is 6. The molecule has 168 valence electrons. The van der Waals surface area contributed by atoms with Gasteiger partial charge in [0.25, 0.3) is 0 Å². The molecular weight excluding hydrogens is 400 g/mol. The molecule has 0 atom stereocenters. The molecule has 2 saturated heterocycles. The average Bonchev–Trinajstić information content (AvgIpc) is 3.18. The second-order valence-corrected chi connectivity index (χ2v) is 9.01. The number of aryl methyl sites for hydroxylation is 1. The topological polar surface area (TPSA) is 56.6 Å². The highest BCUT2D eigenvalue weighted by molar-refractivity contribution is 5.78. The van der Waals surface area contributed by atoms with E-state index in [0.717, 1.165) is 63.8 Å². The fourth-order valence-corrected chi connectivity index (χ4v) is 4.88. The maximum absolute atomic E-state index is 11.2. The van der Waals surface area contributed by atoms with E-state index in [9.17, 15) is 4.79 Å². The van der Waals surface area contributed by atoms with E-state index in [1.165, 1.54) is 16.6 Å². The van der Waals surface area contributed by atoms with Gasteiger partial charge in [-0.15, -0.1) is 0 Å². The van der Waals surface area contributed by atoms with Crippen LogP contribution in [0.25, 0.3) is 11.0 Å². The lowest BCUT2D eigenvalue weighted by Crippen LogP contribution is -2.59. The molecule has 5 rings (SSSR count). The highest BCUT2D eigenvalue weighted by Gasteiger charge is 2.26. The highest BCUT2D eigenvalue weighted by atomic mass is 16.1. The monoisotopic (exact) mass is 432 g/mol. The van der Waals surface area contributed by atoms with Gasteiger partial charge in [0.05, 0.1) is 6.04 Å². The fraction of sp³-hybridized carbons (Fsp3) is 0.440. The van der Waals surface area contributed by atoms with Crippen LogP contribution in [0.15, 0.2) is 48.7 Å². The summed E-state index contributed by atoms with van der Waals surface area (Å²) < 4.78 is 2.26. The lowest BCUT2D eigenvalue weighted by Gasteiger charge is -2.39. The summed E-state index contributed by atoms with van der Waals surface area (Å²) >= 11 is 0. The van der Waals surface area contributed by atoms with Gasteiger partial charge in [-0.05, 0) is 36.8 Å². The van der Waals surface area contributed by atoms with Crippen LogP contribution in [0.4, 0.5) is 11.5 Å². The van der Waals surface area contributed by atoms with Crippen LogP contribution in [0.1, 0.15) is 12.5 Å². The van der Waals surface area contributed by atoms with Crippen molar-refractivity contribution in [3.05, 3.63) is 54.2 Å². The van der Waals surface area contributed by atoms with Crippen molar-refractivity contribution in [2.75, 3.05) is 55.6 Å². The molecule has 0 unspecified atom stereocenters. The number of piperazine rings is 1. The zero-order chi connectivity index (χ0) is 22.1. The third kappa shape index (κ3) is 4.30. The Hall–Kier alpha value is -3.06. The molecule has 1 amide bonds. The molecule has 0 bridgehead atoms. The number of fused-ring (bicyclic) bond motifs is 1. The summed E-state index contributed by atoms with van der Waals surface area (Å²) in [5, 5.41) is 4.17. The van der Waals surface area contributed by atoms with E-state index in [-0.39, 0.29) is 5.91 Å². The Balaban J connectivity index is 1.21. The molecule has 4 heterocycles. The van der Waals surface area contributed by atoms with E-state index in [4.69, 9.17) is 4.98 Å². The molecule has 1 N–H and O–H groups in total. The first-order valence-electron chi connectivity index (χ1n) is 11.6. The fourth-order valence-electron chi connectivity index (χ4n) is 4.88. The summed E-state index contributed by atoms with van der Waals surface area (Å²) in [6.07, 6.45) is 2.14. The van der Waals surface area contributed by atoms with Crippen LogP contribution >= 0.6 is 0 Å². The molecule has 7 nitrogen and oxygen atoms in total. The van der Waals surface area contributed by atoms with Crippen molar-refractivity contribution in [1.82, 2.24) is 19.8 Å². The molecule has 0 aliphatic carbocycles. The number of hydrogen-bond donors (Lipinski definition) is 1. The molecule has 32 heavy (non-hydrogen) atoms. The zero-order valence-corrected chi connectivity index (χ0v) is 19.0. The van der Waals surface area contributed by atoms with Crippen molar-refractivity contribution in [2.45, 2.75) is 26.4 Å². The van der Waals surface area contributed by atoms with Crippen molar-refractivity contribution >= 4 is 28.4 Å². The number of nitrogens with zero attached hydrogens (tertiary/aromatic N) is 5. The van der Waals surface area contributed by atoms with Crippen LogP contribution in [0.3, 0.4) is 0 Å². The third-order valence-corrected chi connectivity index (χ3v) is 6.68. The minimum Gasteiger partial charge on any atom is -0.368 e. The van der Waals surface area contributed by atoms with E-state index in [1.54, 1.807) is 6.92 Å². The Kier molecular flexibility index (Phi) is 5.74. The van der Waals surface area contributed by atoms with Crippen LogP contribution in [-0.4, -0.2) is 72.2 Å². The zero-order valence-electron chi connectivity index (χ0n) is 19.0. The first-order chi connectivity index (χ1) is 15.6. The molecule has 7 heteroatoms. The SMILES string of the molecule is CC(=O)NC1CN(CCn2ccc3ccc(N4CCN(c5ccccc5C)CC4)nc32)C1. The van der Waals surface area contributed by atoms with E-state index >= 15 is 0 Å². The number of benzene rings is 1. The number of carbonyl (C=O) groups is 1. The van der Waals surface area contributed by atoms with Gasteiger partial charge in [0, 0.05) is 76.6 Å². The van der Waals surface area contributed by atoms with E-state index in [0.29, 0.717) is 6.04 Å². The molecule has 3 aromatic rings. The van der Waals surface area contributed by atoms with Crippen LogP contribution in [0.5, 0.6) is 0 Å². The van der Waals surface area contributed by atoms with Crippen molar-refractivity contribution in [3.63, 3.8) is 0 Å². The second kappa shape index (κ2) is 8.82. The normalized spacial score (nSPS) is 17.6. The molecule has 2 aromatic heterocycles. The predicted octanol–water partition coefficient (Wildman–Crippen LogP) is 2.49. The number of nitrogens with one attached hydrogen (secondary N) is 1. The Morgan fingerprint density at radius 1 is 1.00 bits per heavy atom. The number of para-hydroxylation sites is 1. The number of aromatic nitrogens is 2. The summed E-state index contributed by atoms with van der Waals surface area (Å²) in [5.74, 6) is 1.12. The summed E-state index contributed by atoms with van der Waals surface area (Å²) in [7, 11) is 0. The summed E-state index contributed by atoms with van der Waals surface area (Å²) in [6.45, 7) is 11.5. The Labute approximate surface area is 189 Å². The van der Waals surface area contributed by atoms with Gasteiger partial charge in [-0.1, -0.05) is 18.2 Å². The number of anilines is 2. The van der Waals surface area contributed by atoms with Crippen LogP contribution in [0, 0.1) is 6.92 Å². The van der Waals surface area contributed by atoms with Crippen molar-refractivity contribution in [2.24, 2.45) is 0 Å².